The molecule has 0 aliphatic carbocycles. The summed E-state index contributed by atoms with van der Waals surface area (Å²) in [6, 6.07) is 2.38. The van der Waals surface area contributed by atoms with Gasteiger partial charge < -0.3 is 10.3 Å². The SMILES string of the molecule is C[C@@H]1CNCCN1Cc1nc2ccsc2c(=O)[nH]1.Cl. The van der Waals surface area contributed by atoms with E-state index in [2.05, 4.69) is 27.1 Å². The molecule has 3 heterocycles. The monoisotopic (exact) mass is 300 g/mol. The van der Waals surface area contributed by atoms with E-state index < -0.39 is 0 Å². The van der Waals surface area contributed by atoms with E-state index in [4.69, 9.17) is 0 Å². The zero-order chi connectivity index (χ0) is 12.5. The lowest BCUT2D eigenvalue weighted by Gasteiger charge is -2.33. The number of nitrogens with zero attached hydrogens (tertiary/aromatic N) is 2. The highest BCUT2D eigenvalue weighted by molar-refractivity contribution is 7.17. The van der Waals surface area contributed by atoms with Crippen LogP contribution in [0.15, 0.2) is 16.2 Å². The number of rotatable bonds is 2. The van der Waals surface area contributed by atoms with E-state index >= 15 is 0 Å². The van der Waals surface area contributed by atoms with Gasteiger partial charge in [-0.05, 0) is 18.4 Å². The topological polar surface area (TPSA) is 61.0 Å². The van der Waals surface area contributed by atoms with E-state index in [1.54, 1.807) is 0 Å². The van der Waals surface area contributed by atoms with Crippen LogP contribution in [0.5, 0.6) is 0 Å². The Morgan fingerprint density at radius 1 is 1.58 bits per heavy atom. The maximum atomic E-state index is 11.9. The van der Waals surface area contributed by atoms with Crippen molar-refractivity contribution in [2.75, 3.05) is 19.6 Å². The van der Waals surface area contributed by atoms with Gasteiger partial charge in [0.2, 0.25) is 0 Å². The highest BCUT2D eigenvalue weighted by Crippen LogP contribution is 2.14. The molecule has 1 saturated heterocycles. The standard InChI is InChI=1S/C12H16N4OS.ClH/c1-8-6-13-3-4-16(8)7-10-14-9-2-5-18-11(9)12(17)15-10;/h2,5,8,13H,3-4,6-7H2,1H3,(H,14,15,17);1H/t8-;/m1./s1. The highest BCUT2D eigenvalue weighted by Gasteiger charge is 2.19. The molecule has 0 bridgehead atoms. The first-order chi connectivity index (χ1) is 8.74. The molecule has 1 aliphatic rings. The quantitative estimate of drug-likeness (QED) is 0.875. The molecule has 2 aromatic rings. The van der Waals surface area contributed by atoms with Gasteiger partial charge in [0.15, 0.2) is 0 Å². The van der Waals surface area contributed by atoms with Crippen LogP contribution in [0.3, 0.4) is 0 Å². The summed E-state index contributed by atoms with van der Waals surface area (Å²) in [7, 11) is 0. The maximum absolute atomic E-state index is 11.9. The molecule has 1 atom stereocenters. The first kappa shape index (κ1) is 14.5. The van der Waals surface area contributed by atoms with Crippen LogP contribution in [0.25, 0.3) is 10.2 Å². The van der Waals surface area contributed by atoms with E-state index in [0.29, 0.717) is 17.3 Å². The number of piperazine rings is 1. The Bertz CT molecular complexity index is 611. The number of thiophene rings is 1. The Labute approximate surface area is 121 Å². The summed E-state index contributed by atoms with van der Waals surface area (Å²) in [5, 5.41) is 5.26. The van der Waals surface area contributed by atoms with Crippen LogP contribution in [0, 0.1) is 0 Å². The summed E-state index contributed by atoms with van der Waals surface area (Å²) >= 11 is 1.44. The Hall–Kier alpha value is -0.950. The largest absolute Gasteiger partial charge is 0.314 e. The third-order valence-electron chi connectivity index (χ3n) is 3.36. The average Bonchev–Trinajstić information content (AvgIpc) is 2.81. The number of nitrogens with one attached hydrogen (secondary N) is 2. The van der Waals surface area contributed by atoms with E-state index in [0.717, 1.165) is 31.0 Å². The summed E-state index contributed by atoms with van der Waals surface area (Å²) < 4.78 is 0.715. The van der Waals surface area contributed by atoms with E-state index in [-0.39, 0.29) is 18.0 Å². The van der Waals surface area contributed by atoms with Crippen LogP contribution in [-0.4, -0.2) is 40.5 Å². The van der Waals surface area contributed by atoms with Crippen LogP contribution in [0.1, 0.15) is 12.7 Å². The normalized spacial score (nSPS) is 20.4. The van der Waals surface area contributed by atoms with Crippen LogP contribution in [0.2, 0.25) is 0 Å². The summed E-state index contributed by atoms with van der Waals surface area (Å²) in [5.74, 6) is 0.764. The summed E-state index contributed by atoms with van der Waals surface area (Å²) in [4.78, 5) is 21.6. The van der Waals surface area contributed by atoms with Gasteiger partial charge in [-0.3, -0.25) is 9.69 Å². The van der Waals surface area contributed by atoms with Gasteiger partial charge in [-0.2, -0.15) is 0 Å². The average molecular weight is 301 g/mol. The second kappa shape index (κ2) is 6.00. The second-order valence-electron chi connectivity index (χ2n) is 4.67. The highest BCUT2D eigenvalue weighted by atomic mass is 35.5. The number of fused-ring (bicyclic) bond motifs is 1. The number of hydrogen-bond acceptors (Lipinski definition) is 5. The minimum Gasteiger partial charge on any atom is -0.314 e. The van der Waals surface area contributed by atoms with Crippen molar-refractivity contribution in [3.8, 4) is 0 Å². The molecule has 5 nitrogen and oxygen atoms in total. The predicted octanol–water partition coefficient (Wildman–Crippen LogP) is 1.20. The first-order valence-electron chi connectivity index (χ1n) is 6.15. The lowest BCUT2D eigenvalue weighted by molar-refractivity contribution is 0.162. The minimum atomic E-state index is -0.0206. The maximum Gasteiger partial charge on any atom is 0.268 e. The van der Waals surface area contributed by atoms with Gasteiger partial charge in [0.25, 0.3) is 5.56 Å². The van der Waals surface area contributed by atoms with Crippen LogP contribution < -0.4 is 10.9 Å². The fourth-order valence-electron chi connectivity index (χ4n) is 2.31. The predicted molar refractivity (Wildman–Crippen MR) is 80.2 cm³/mol. The Morgan fingerprint density at radius 3 is 3.21 bits per heavy atom. The lowest BCUT2D eigenvalue weighted by Crippen LogP contribution is -2.49. The van der Waals surface area contributed by atoms with Gasteiger partial charge in [0.05, 0.1) is 12.1 Å². The number of H-pyrrole nitrogens is 1. The van der Waals surface area contributed by atoms with Gasteiger partial charge in [-0.25, -0.2) is 4.98 Å². The molecule has 3 rings (SSSR count). The van der Waals surface area contributed by atoms with Gasteiger partial charge in [-0.15, -0.1) is 23.7 Å². The van der Waals surface area contributed by atoms with Crippen molar-refractivity contribution < 1.29 is 0 Å². The van der Waals surface area contributed by atoms with Gasteiger partial charge in [0.1, 0.15) is 10.5 Å². The third kappa shape index (κ3) is 2.97. The first-order valence-corrected chi connectivity index (χ1v) is 7.03. The molecule has 0 saturated carbocycles. The van der Waals surface area contributed by atoms with Crippen molar-refractivity contribution in [3.05, 3.63) is 27.6 Å². The third-order valence-corrected chi connectivity index (χ3v) is 4.26. The van der Waals surface area contributed by atoms with Gasteiger partial charge >= 0.3 is 0 Å². The minimum absolute atomic E-state index is 0. The lowest BCUT2D eigenvalue weighted by atomic mass is 10.2. The molecular weight excluding hydrogens is 284 g/mol. The molecule has 7 heteroatoms. The van der Waals surface area contributed by atoms with Crippen molar-refractivity contribution in [2.45, 2.75) is 19.5 Å². The summed E-state index contributed by atoms with van der Waals surface area (Å²) in [6.45, 7) is 5.88. The molecule has 1 fully saturated rings. The molecule has 19 heavy (non-hydrogen) atoms. The molecule has 0 spiro atoms. The van der Waals surface area contributed by atoms with Crippen LogP contribution in [-0.2, 0) is 6.54 Å². The molecule has 0 radical (unpaired) electrons. The van der Waals surface area contributed by atoms with Crippen molar-refractivity contribution >= 4 is 34.0 Å². The van der Waals surface area contributed by atoms with E-state index in [1.807, 2.05) is 11.4 Å². The molecule has 2 N–H and O–H groups in total. The number of aromatic amines is 1. The number of aromatic nitrogens is 2. The molecule has 0 aromatic carbocycles. The number of halogens is 1. The van der Waals surface area contributed by atoms with Crippen LogP contribution >= 0.6 is 23.7 Å². The van der Waals surface area contributed by atoms with Crippen molar-refractivity contribution in [1.82, 2.24) is 20.2 Å². The van der Waals surface area contributed by atoms with Gasteiger partial charge in [-0.1, -0.05) is 0 Å². The number of hydrogen-bond donors (Lipinski definition) is 2. The fourth-order valence-corrected chi connectivity index (χ4v) is 3.03. The Balaban J connectivity index is 0.00000133. The van der Waals surface area contributed by atoms with E-state index in [1.165, 1.54) is 11.3 Å². The summed E-state index contributed by atoms with van der Waals surface area (Å²) in [6.07, 6.45) is 0. The van der Waals surface area contributed by atoms with Gasteiger partial charge in [0, 0.05) is 25.7 Å². The smallest absolute Gasteiger partial charge is 0.268 e. The van der Waals surface area contributed by atoms with Crippen molar-refractivity contribution in [1.29, 1.82) is 0 Å². The van der Waals surface area contributed by atoms with Crippen LogP contribution in [0.4, 0.5) is 0 Å². The molecular formula is C12H17ClN4OS. The molecule has 104 valence electrons. The second-order valence-corrected chi connectivity index (χ2v) is 5.59. The molecule has 1 aliphatic heterocycles. The van der Waals surface area contributed by atoms with E-state index in [9.17, 15) is 4.79 Å². The molecule has 2 aromatic heterocycles. The zero-order valence-electron chi connectivity index (χ0n) is 10.7. The Kier molecular flexibility index (Phi) is 4.57. The van der Waals surface area contributed by atoms with Crippen molar-refractivity contribution in [2.24, 2.45) is 0 Å². The molecule has 0 unspecified atom stereocenters. The zero-order valence-corrected chi connectivity index (χ0v) is 12.3. The van der Waals surface area contributed by atoms with Crippen molar-refractivity contribution in [3.63, 3.8) is 0 Å². The summed E-state index contributed by atoms with van der Waals surface area (Å²) in [5.41, 5.74) is 0.786. The molecule has 0 amide bonds. The fraction of sp³-hybridized carbons (Fsp3) is 0.500. The Morgan fingerprint density at radius 2 is 2.42 bits per heavy atom.